The minimum absolute atomic E-state index is 0.142. The predicted molar refractivity (Wildman–Crippen MR) is 87.8 cm³/mol. The molecule has 0 radical (unpaired) electrons. The maximum Gasteiger partial charge on any atom is 0.0738 e. The van der Waals surface area contributed by atoms with Gasteiger partial charge in [-0.2, -0.15) is 5.10 Å². The summed E-state index contributed by atoms with van der Waals surface area (Å²) in [5, 5.41) is 7.88. The second-order valence-corrected chi connectivity index (χ2v) is 6.23. The Morgan fingerprint density at radius 3 is 2.75 bits per heavy atom. The summed E-state index contributed by atoms with van der Waals surface area (Å²) < 4.78 is 4.15. The van der Waals surface area contributed by atoms with Crippen molar-refractivity contribution in [3.63, 3.8) is 0 Å². The number of pyridine rings is 1. The Hall–Kier alpha value is -0.720. The molecule has 0 saturated carbocycles. The van der Waals surface area contributed by atoms with Crippen LogP contribution in [-0.2, 0) is 13.0 Å². The summed E-state index contributed by atoms with van der Waals surface area (Å²) >= 11 is 7.22. The Balaban J connectivity index is 2.34. The second-order valence-electron chi connectivity index (χ2n) is 4.58. The van der Waals surface area contributed by atoms with Gasteiger partial charge in [0, 0.05) is 23.6 Å². The predicted octanol–water partition coefficient (Wildman–Crippen LogP) is 3.63. The summed E-state index contributed by atoms with van der Waals surface area (Å²) in [5.74, 6) is 0. The zero-order chi connectivity index (χ0) is 14.7. The van der Waals surface area contributed by atoms with Crippen molar-refractivity contribution < 1.29 is 0 Å². The Morgan fingerprint density at radius 1 is 1.40 bits per heavy atom. The molecule has 2 aromatic rings. The summed E-state index contributed by atoms with van der Waals surface area (Å²) in [7, 11) is 1.96. The van der Waals surface area contributed by atoms with E-state index in [1.54, 1.807) is 0 Å². The molecule has 2 rings (SSSR count). The molecule has 2 heterocycles. The summed E-state index contributed by atoms with van der Waals surface area (Å²) in [5.41, 5.74) is 3.24. The zero-order valence-electron chi connectivity index (χ0n) is 11.8. The third kappa shape index (κ3) is 3.13. The van der Waals surface area contributed by atoms with Crippen LogP contribution < -0.4 is 5.32 Å². The highest BCUT2D eigenvalue weighted by molar-refractivity contribution is 9.10. The number of aryl methyl sites for hydroxylation is 2. The van der Waals surface area contributed by atoms with E-state index in [1.807, 2.05) is 37.0 Å². The summed E-state index contributed by atoms with van der Waals surface area (Å²) in [4.78, 5) is 4.48. The standard InChI is InChI=1S/C14H18Br2N4/c1-4-20-12(13(16)9(2)19-20)8-11(17-3)14-10(15)6-5-7-18-14/h5-7,11,17H,4,8H2,1-3H3. The largest absolute Gasteiger partial charge is 0.311 e. The fourth-order valence-corrected chi connectivity index (χ4v) is 3.22. The van der Waals surface area contributed by atoms with Gasteiger partial charge < -0.3 is 5.32 Å². The lowest BCUT2D eigenvalue weighted by Gasteiger charge is -2.18. The molecule has 108 valence electrons. The van der Waals surface area contributed by atoms with Crippen molar-refractivity contribution >= 4 is 31.9 Å². The van der Waals surface area contributed by atoms with Gasteiger partial charge in [0.2, 0.25) is 0 Å². The highest BCUT2D eigenvalue weighted by atomic mass is 79.9. The first-order chi connectivity index (χ1) is 9.58. The normalized spacial score (nSPS) is 12.7. The molecular formula is C14H18Br2N4. The van der Waals surface area contributed by atoms with Gasteiger partial charge in [0.05, 0.1) is 27.6 Å². The van der Waals surface area contributed by atoms with Crippen LogP contribution in [0.1, 0.15) is 30.0 Å². The molecule has 0 amide bonds. The molecule has 2 aromatic heterocycles. The van der Waals surface area contributed by atoms with E-state index in [0.29, 0.717) is 0 Å². The first-order valence-corrected chi connectivity index (χ1v) is 8.16. The molecule has 0 aliphatic heterocycles. The monoisotopic (exact) mass is 400 g/mol. The number of nitrogens with zero attached hydrogens (tertiary/aromatic N) is 3. The van der Waals surface area contributed by atoms with Crippen LogP contribution in [0.2, 0.25) is 0 Å². The van der Waals surface area contributed by atoms with Crippen LogP contribution >= 0.6 is 31.9 Å². The molecule has 0 fully saturated rings. The summed E-state index contributed by atoms with van der Waals surface area (Å²) in [6, 6.07) is 4.09. The van der Waals surface area contributed by atoms with Gasteiger partial charge in [0.25, 0.3) is 0 Å². The van der Waals surface area contributed by atoms with E-state index >= 15 is 0 Å². The van der Waals surface area contributed by atoms with Crippen LogP contribution in [0.3, 0.4) is 0 Å². The average molecular weight is 402 g/mol. The Kier molecular flexibility index (Phi) is 5.35. The SMILES string of the molecule is CCn1nc(C)c(Br)c1CC(NC)c1ncccc1Br. The number of nitrogens with one attached hydrogen (secondary N) is 1. The van der Waals surface area contributed by atoms with E-state index < -0.39 is 0 Å². The van der Waals surface area contributed by atoms with Crippen molar-refractivity contribution in [1.82, 2.24) is 20.1 Å². The number of likely N-dealkylation sites (N-methyl/N-ethyl adjacent to an activating group) is 1. The number of halogens is 2. The van der Waals surface area contributed by atoms with Crippen LogP contribution in [0.4, 0.5) is 0 Å². The molecule has 20 heavy (non-hydrogen) atoms. The van der Waals surface area contributed by atoms with E-state index in [-0.39, 0.29) is 6.04 Å². The van der Waals surface area contributed by atoms with Crippen molar-refractivity contribution in [1.29, 1.82) is 0 Å². The first-order valence-electron chi connectivity index (χ1n) is 6.57. The number of rotatable bonds is 5. The topological polar surface area (TPSA) is 42.7 Å². The minimum atomic E-state index is 0.142. The fourth-order valence-electron chi connectivity index (χ4n) is 2.25. The van der Waals surface area contributed by atoms with Crippen LogP contribution in [0.5, 0.6) is 0 Å². The zero-order valence-corrected chi connectivity index (χ0v) is 15.0. The lowest BCUT2D eigenvalue weighted by molar-refractivity contribution is 0.529. The quantitative estimate of drug-likeness (QED) is 0.831. The van der Waals surface area contributed by atoms with Crippen molar-refractivity contribution in [3.05, 3.63) is 44.4 Å². The Bertz CT molecular complexity index is 595. The molecule has 0 spiro atoms. The summed E-state index contributed by atoms with van der Waals surface area (Å²) in [6.45, 7) is 4.99. The molecule has 0 aromatic carbocycles. The Labute approximate surface area is 136 Å². The van der Waals surface area contributed by atoms with E-state index in [2.05, 4.69) is 54.2 Å². The Morgan fingerprint density at radius 2 is 2.15 bits per heavy atom. The molecule has 6 heteroatoms. The number of hydrogen-bond donors (Lipinski definition) is 1. The highest BCUT2D eigenvalue weighted by Gasteiger charge is 2.20. The van der Waals surface area contributed by atoms with E-state index in [0.717, 1.165) is 33.3 Å². The molecule has 1 N–H and O–H groups in total. The average Bonchev–Trinajstić information content (AvgIpc) is 2.73. The molecular weight excluding hydrogens is 384 g/mol. The maximum atomic E-state index is 4.54. The number of hydrogen-bond acceptors (Lipinski definition) is 3. The molecule has 0 aliphatic rings. The van der Waals surface area contributed by atoms with E-state index in [9.17, 15) is 0 Å². The highest BCUT2D eigenvalue weighted by Crippen LogP contribution is 2.28. The van der Waals surface area contributed by atoms with Gasteiger partial charge in [-0.15, -0.1) is 0 Å². The maximum absolute atomic E-state index is 4.54. The second kappa shape index (κ2) is 6.83. The van der Waals surface area contributed by atoms with Crippen LogP contribution in [0.15, 0.2) is 27.3 Å². The fraction of sp³-hybridized carbons (Fsp3) is 0.429. The summed E-state index contributed by atoms with van der Waals surface area (Å²) in [6.07, 6.45) is 2.66. The van der Waals surface area contributed by atoms with Crippen molar-refractivity contribution in [2.45, 2.75) is 32.9 Å². The van der Waals surface area contributed by atoms with Crippen LogP contribution in [-0.4, -0.2) is 21.8 Å². The lowest BCUT2D eigenvalue weighted by Crippen LogP contribution is -2.22. The lowest BCUT2D eigenvalue weighted by atomic mass is 10.1. The van der Waals surface area contributed by atoms with E-state index in [1.165, 1.54) is 5.69 Å². The van der Waals surface area contributed by atoms with Crippen molar-refractivity contribution in [2.75, 3.05) is 7.05 Å². The van der Waals surface area contributed by atoms with E-state index in [4.69, 9.17) is 0 Å². The minimum Gasteiger partial charge on any atom is -0.311 e. The molecule has 0 aliphatic carbocycles. The van der Waals surface area contributed by atoms with Gasteiger partial charge in [-0.3, -0.25) is 9.67 Å². The third-order valence-corrected chi connectivity index (χ3v) is 5.02. The smallest absolute Gasteiger partial charge is 0.0738 e. The van der Waals surface area contributed by atoms with Gasteiger partial charge in [-0.25, -0.2) is 0 Å². The number of aromatic nitrogens is 3. The van der Waals surface area contributed by atoms with Gasteiger partial charge >= 0.3 is 0 Å². The van der Waals surface area contributed by atoms with Gasteiger partial charge in [0.1, 0.15) is 0 Å². The first kappa shape index (κ1) is 15.7. The van der Waals surface area contributed by atoms with Gasteiger partial charge in [-0.05, 0) is 64.9 Å². The molecule has 0 saturated heterocycles. The van der Waals surface area contributed by atoms with Crippen LogP contribution in [0.25, 0.3) is 0 Å². The van der Waals surface area contributed by atoms with Gasteiger partial charge in [0.15, 0.2) is 0 Å². The molecule has 4 nitrogen and oxygen atoms in total. The third-order valence-electron chi connectivity index (χ3n) is 3.32. The van der Waals surface area contributed by atoms with Crippen LogP contribution in [0, 0.1) is 6.92 Å². The molecule has 1 atom stereocenters. The van der Waals surface area contributed by atoms with Crippen molar-refractivity contribution in [3.8, 4) is 0 Å². The van der Waals surface area contributed by atoms with Crippen molar-refractivity contribution in [2.24, 2.45) is 0 Å². The molecule has 0 bridgehead atoms. The molecule has 1 unspecified atom stereocenters. The van der Waals surface area contributed by atoms with Gasteiger partial charge in [-0.1, -0.05) is 0 Å².